The Hall–Kier alpha value is -3.63. The highest BCUT2D eigenvalue weighted by Gasteiger charge is 2.16. The molecule has 0 bridgehead atoms. The number of phenols is 1. The van der Waals surface area contributed by atoms with Gasteiger partial charge in [0.25, 0.3) is 0 Å². The molecule has 0 aliphatic rings. The molecule has 0 aliphatic carbocycles. The van der Waals surface area contributed by atoms with Gasteiger partial charge in [0.05, 0.1) is 5.69 Å². The number of aromatic hydroxyl groups is 1. The fourth-order valence-corrected chi connectivity index (χ4v) is 4.18. The molecule has 180 valence electrons. The number of thiol groups is 1. The van der Waals surface area contributed by atoms with Gasteiger partial charge in [0.15, 0.2) is 0 Å². The van der Waals surface area contributed by atoms with Gasteiger partial charge in [-0.3, -0.25) is 0 Å². The first-order chi connectivity index (χ1) is 16.9. The molecule has 0 aliphatic heterocycles. The summed E-state index contributed by atoms with van der Waals surface area (Å²) >= 11 is 4.27. The van der Waals surface area contributed by atoms with Gasteiger partial charge in [0.1, 0.15) is 5.75 Å². The zero-order chi connectivity index (χ0) is 25.4. The van der Waals surface area contributed by atoms with E-state index in [0.717, 1.165) is 46.6 Å². The molecule has 3 aromatic carbocycles. The highest BCUT2D eigenvalue weighted by molar-refractivity contribution is 7.83. The van der Waals surface area contributed by atoms with Crippen LogP contribution in [0.2, 0.25) is 0 Å². The summed E-state index contributed by atoms with van der Waals surface area (Å²) < 4.78 is 0. The zero-order valence-electron chi connectivity index (χ0n) is 20.8. The number of nitrogens with one attached hydrogen (secondary N) is 1. The molecule has 0 heterocycles. The van der Waals surface area contributed by atoms with Gasteiger partial charge in [-0.05, 0) is 55.0 Å². The lowest BCUT2D eigenvalue weighted by Gasteiger charge is -2.29. The highest BCUT2D eigenvalue weighted by atomic mass is 32.1. The molecule has 0 fully saturated rings. The lowest BCUT2D eigenvalue weighted by atomic mass is 9.98. The van der Waals surface area contributed by atoms with E-state index in [1.165, 1.54) is 5.57 Å². The van der Waals surface area contributed by atoms with Crippen LogP contribution in [-0.2, 0) is 0 Å². The molecular formula is C31H34N2OS. The van der Waals surface area contributed by atoms with E-state index < -0.39 is 0 Å². The summed E-state index contributed by atoms with van der Waals surface area (Å²) in [6.45, 7) is 15.7. The Balaban J connectivity index is 1.87. The Labute approximate surface area is 215 Å². The van der Waals surface area contributed by atoms with Crippen molar-refractivity contribution in [2.24, 2.45) is 0 Å². The zero-order valence-corrected chi connectivity index (χ0v) is 21.6. The molecule has 2 N–H and O–H groups in total. The first-order valence-electron chi connectivity index (χ1n) is 11.8. The predicted molar refractivity (Wildman–Crippen MR) is 155 cm³/mol. The molecule has 0 amide bonds. The van der Waals surface area contributed by atoms with Crippen LogP contribution >= 0.6 is 12.6 Å². The van der Waals surface area contributed by atoms with Gasteiger partial charge in [-0.2, -0.15) is 12.6 Å². The molecule has 3 rings (SSSR count). The lowest BCUT2D eigenvalue weighted by Crippen LogP contribution is -2.22. The third-order valence-corrected chi connectivity index (χ3v) is 5.91. The summed E-state index contributed by atoms with van der Waals surface area (Å²) in [7, 11) is 0. The van der Waals surface area contributed by atoms with E-state index in [9.17, 15) is 5.11 Å². The van der Waals surface area contributed by atoms with E-state index in [4.69, 9.17) is 0 Å². The van der Waals surface area contributed by atoms with Crippen molar-refractivity contribution in [3.05, 3.63) is 120 Å². The van der Waals surface area contributed by atoms with Crippen LogP contribution in [0.4, 0.5) is 5.69 Å². The maximum absolute atomic E-state index is 10.9. The molecule has 4 heteroatoms. The van der Waals surface area contributed by atoms with Crippen molar-refractivity contribution in [2.75, 3.05) is 11.9 Å². The van der Waals surface area contributed by atoms with Crippen molar-refractivity contribution in [3.8, 4) is 16.9 Å². The van der Waals surface area contributed by atoms with Gasteiger partial charge in [-0.1, -0.05) is 86.3 Å². The maximum Gasteiger partial charge on any atom is 0.139 e. The fraction of sp³-hybridized carbons (Fsp3) is 0.161. The standard InChI is InChI=1S/C31H34N2OS/c1-6-19-33(30(18-20-35)22(2)3)24(5)26-16-17-29(31(34)21-26)32-23(4)27-14-10-11-15-28(27)25-12-8-7-9-13-25/h7-18,20-21,32,34-35H,4-6,19H2,1-3H3/b20-18-. The topological polar surface area (TPSA) is 35.5 Å². The van der Waals surface area contributed by atoms with E-state index in [2.05, 4.69) is 75.0 Å². The average Bonchev–Trinajstić information content (AvgIpc) is 2.87. The van der Waals surface area contributed by atoms with E-state index in [-0.39, 0.29) is 5.75 Å². The summed E-state index contributed by atoms with van der Waals surface area (Å²) in [4.78, 5) is 2.17. The summed E-state index contributed by atoms with van der Waals surface area (Å²) in [5, 5.41) is 15.9. The second kappa shape index (κ2) is 12.2. The third kappa shape index (κ3) is 6.28. The van der Waals surface area contributed by atoms with Crippen LogP contribution in [-0.4, -0.2) is 16.6 Å². The quantitative estimate of drug-likeness (QED) is 0.154. The molecule has 0 radical (unpaired) electrons. The number of rotatable bonds is 10. The van der Waals surface area contributed by atoms with Crippen LogP contribution in [0, 0.1) is 0 Å². The van der Waals surface area contributed by atoms with Crippen LogP contribution in [0.3, 0.4) is 0 Å². The van der Waals surface area contributed by atoms with E-state index in [1.54, 1.807) is 11.5 Å². The Morgan fingerprint density at radius 2 is 1.69 bits per heavy atom. The summed E-state index contributed by atoms with van der Waals surface area (Å²) in [5.74, 6) is 0.141. The number of hydrogen-bond donors (Lipinski definition) is 3. The molecule has 0 saturated heterocycles. The van der Waals surface area contributed by atoms with E-state index >= 15 is 0 Å². The normalized spacial score (nSPS) is 10.7. The fourth-order valence-electron chi connectivity index (χ4n) is 4.04. The van der Waals surface area contributed by atoms with Crippen LogP contribution in [0.25, 0.3) is 22.5 Å². The monoisotopic (exact) mass is 482 g/mol. The Bertz CT molecular complexity index is 1250. The van der Waals surface area contributed by atoms with Crippen molar-refractivity contribution in [1.29, 1.82) is 0 Å². The molecule has 0 spiro atoms. The largest absolute Gasteiger partial charge is 0.506 e. The first-order valence-corrected chi connectivity index (χ1v) is 12.3. The SMILES string of the molecule is C=C(Nc1ccc(C(=C)N(CCC)C(/C=C\S)=C(C)C)cc1O)c1ccccc1-c1ccccc1. The van der Waals surface area contributed by atoms with Crippen LogP contribution in [0.1, 0.15) is 38.3 Å². The minimum atomic E-state index is 0.141. The maximum atomic E-state index is 10.9. The summed E-state index contributed by atoms with van der Waals surface area (Å²) in [5.41, 5.74) is 8.37. The van der Waals surface area contributed by atoms with Gasteiger partial charge in [0.2, 0.25) is 0 Å². The first kappa shape index (κ1) is 26.0. The Kier molecular flexibility index (Phi) is 9.04. The molecular weight excluding hydrogens is 448 g/mol. The Morgan fingerprint density at radius 1 is 1.00 bits per heavy atom. The highest BCUT2D eigenvalue weighted by Crippen LogP contribution is 2.34. The Morgan fingerprint density at radius 3 is 2.31 bits per heavy atom. The minimum Gasteiger partial charge on any atom is -0.506 e. The molecule has 0 aromatic heterocycles. The number of allylic oxidation sites excluding steroid dienone is 2. The summed E-state index contributed by atoms with van der Waals surface area (Å²) in [6.07, 6.45) is 2.94. The number of nitrogens with zero attached hydrogens (tertiary/aromatic N) is 1. The average molecular weight is 483 g/mol. The second-order valence-corrected chi connectivity index (χ2v) is 8.84. The predicted octanol–water partition coefficient (Wildman–Crippen LogP) is 8.56. The minimum absolute atomic E-state index is 0.141. The number of benzene rings is 3. The van der Waals surface area contributed by atoms with Gasteiger partial charge < -0.3 is 15.3 Å². The molecule has 35 heavy (non-hydrogen) atoms. The van der Waals surface area contributed by atoms with Crippen molar-refractivity contribution >= 4 is 29.7 Å². The number of phenolic OH excluding ortho intramolecular Hbond substituents is 1. The van der Waals surface area contributed by atoms with Gasteiger partial charge >= 0.3 is 0 Å². The van der Waals surface area contributed by atoms with Gasteiger partial charge in [-0.15, -0.1) is 0 Å². The van der Waals surface area contributed by atoms with Crippen molar-refractivity contribution in [1.82, 2.24) is 4.90 Å². The third-order valence-electron chi connectivity index (χ3n) is 5.76. The van der Waals surface area contributed by atoms with Crippen LogP contribution < -0.4 is 5.32 Å². The lowest BCUT2D eigenvalue weighted by molar-refractivity contribution is 0.475. The molecule has 0 unspecified atom stereocenters. The van der Waals surface area contributed by atoms with E-state index in [1.807, 2.05) is 54.6 Å². The van der Waals surface area contributed by atoms with Gasteiger partial charge in [0, 0.05) is 34.8 Å². The second-order valence-electron chi connectivity index (χ2n) is 8.55. The molecule has 3 aromatic rings. The molecule has 0 saturated carbocycles. The molecule has 3 nitrogen and oxygen atoms in total. The van der Waals surface area contributed by atoms with Crippen LogP contribution in [0.15, 0.2) is 109 Å². The van der Waals surface area contributed by atoms with Crippen molar-refractivity contribution in [2.45, 2.75) is 27.2 Å². The van der Waals surface area contributed by atoms with Crippen molar-refractivity contribution < 1.29 is 5.11 Å². The van der Waals surface area contributed by atoms with Crippen LogP contribution in [0.5, 0.6) is 5.75 Å². The van der Waals surface area contributed by atoms with Crippen molar-refractivity contribution in [3.63, 3.8) is 0 Å². The number of hydrogen-bond acceptors (Lipinski definition) is 4. The molecule has 0 atom stereocenters. The summed E-state index contributed by atoms with van der Waals surface area (Å²) in [6, 6.07) is 23.9. The number of anilines is 1. The smallest absolute Gasteiger partial charge is 0.139 e. The van der Waals surface area contributed by atoms with Gasteiger partial charge in [-0.25, -0.2) is 0 Å². The van der Waals surface area contributed by atoms with E-state index in [0.29, 0.717) is 11.4 Å².